The Kier molecular flexibility index (Phi) is 2.51. The molecule has 0 fully saturated rings. The van der Waals surface area contributed by atoms with Gasteiger partial charge in [0.2, 0.25) is 0 Å². The van der Waals surface area contributed by atoms with Gasteiger partial charge in [-0.05, 0) is 50.0 Å². The van der Waals surface area contributed by atoms with E-state index in [9.17, 15) is 4.79 Å². The Morgan fingerprint density at radius 3 is 3.00 bits per heavy atom. The zero-order valence-electron chi connectivity index (χ0n) is 7.35. The summed E-state index contributed by atoms with van der Waals surface area (Å²) in [7, 11) is 0. The summed E-state index contributed by atoms with van der Waals surface area (Å²) in [6, 6.07) is 3.43. The molecular formula is C9H5BrN2O3. The SMILES string of the molecule is O=C(O)/C=C/c1cc(Br)c2nonc2c1. The first-order valence-electron chi connectivity index (χ1n) is 3.99. The van der Waals surface area contributed by atoms with Crippen molar-refractivity contribution in [3.63, 3.8) is 0 Å². The Balaban J connectivity index is 2.49. The van der Waals surface area contributed by atoms with Gasteiger partial charge in [-0.15, -0.1) is 0 Å². The molecule has 0 bridgehead atoms. The topological polar surface area (TPSA) is 76.2 Å². The molecule has 0 amide bonds. The van der Waals surface area contributed by atoms with Crippen LogP contribution in [0.2, 0.25) is 0 Å². The maximum Gasteiger partial charge on any atom is 0.328 e. The van der Waals surface area contributed by atoms with E-state index in [4.69, 9.17) is 5.11 Å². The second-order valence-corrected chi connectivity index (χ2v) is 3.66. The van der Waals surface area contributed by atoms with E-state index >= 15 is 0 Å². The van der Waals surface area contributed by atoms with Gasteiger partial charge in [0.15, 0.2) is 0 Å². The normalized spacial score (nSPS) is 11.3. The fourth-order valence-corrected chi connectivity index (χ4v) is 1.67. The molecule has 2 aromatic rings. The van der Waals surface area contributed by atoms with Crippen LogP contribution >= 0.6 is 15.9 Å². The van der Waals surface area contributed by atoms with Crippen molar-refractivity contribution in [2.75, 3.05) is 0 Å². The second-order valence-electron chi connectivity index (χ2n) is 2.81. The van der Waals surface area contributed by atoms with Gasteiger partial charge in [0.05, 0.1) is 0 Å². The summed E-state index contributed by atoms with van der Waals surface area (Å²) in [6.45, 7) is 0. The predicted octanol–water partition coefficient (Wildman–Crippen LogP) is 2.08. The van der Waals surface area contributed by atoms with Crippen molar-refractivity contribution >= 4 is 39.0 Å². The number of halogens is 1. The third-order valence-corrected chi connectivity index (χ3v) is 2.36. The van der Waals surface area contributed by atoms with Crippen molar-refractivity contribution in [3.05, 3.63) is 28.2 Å². The minimum atomic E-state index is -0.996. The smallest absolute Gasteiger partial charge is 0.328 e. The molecule has 0 aliphatic carbocycles. The van der Waals surface area contributed by atoms with E-state index in [-0.39, 0.29) is 0 Å². The summed E-state index contributed by atoms with van der Waals surface area (Å²) >= 11 is 3.29. The van der Waals surface area contributed by atoms with Crippen LogP contribution < -0.4 is 0 Å². The fourth-order valence-electron chi connectivity index (χ4n) is 1.13. The lowest BCUT2D eigenvalue weighted by molar-refractivity contribution is -0.131. The molecule has 0 saturated carbocycles. The van der Waals surface area contributed by atoms with Gasteiger partial charge in [0, 0.05) is 10.5 Å². The summed E-state index contributed by atoms with van der Waals surface area (Å²) in [5, 5.41) is 15.8. The monoisotopic (exact) mass is 268 g/mol. The maximum atomic E-state index is 10.3. The average Bonchev–Trinajstić information content (AvgIpc) is 2.63. The van der Waals surface area contributed by atoms with Gasteiger partial charge in [-0.3, -0.25) is 0 Å². The lowest BCUT2D eigenvalue weighted by Crippen LogP contribution is -1.86. The quantitative estimate of drug-likeness (QED) is 0.844. The summed E-state index contributed by atoms with van der Waals surface area (Å²) in [4.78, 5) is 10.3. The lowest BCUT2D eigenvalue weighted by atomic mass is 10.2. The number of nitrogens with zero attached hydrogens (tertiary/aromatic N) is 2. The number of fused-ring (bicyclic) bond motifs is 1. The lowest BCUT2D eigenvalue weighted by Gasteiger charge is -1.94. The van der Waals surface area contributed by atoms with Gasteiger partial charge in [0.25, 0.3) is 0 Å². The van der Waals surface area contributed by atoms with E-state index < -0.39 is 5.97 Å². The van der Waals surface area contributed by atoms with E-state index in [2.05, 4.69) is 30.9 Å². The van der Waals surface area contributed by atoms with Crippen molar-refractivity contribution in [2.24, 2.45) is 0 Å². The second kappa shape index (κ2) is 3.82. The fraction of sp³-hybridized carbons (Fsp3) is 0. The number of carbonyl (C=O) groups is 1. The van der Waals surface area contributed by atoms with Crippen LogP contribution in [-0.2, 0) is 4.79 Å². The highest BCUT2D eigenvalue weighted by Gasteiger charge is 2.05. The summed E-state index contributed by atoms with van der Waals surface area (Å²) in [6.07, 6.45) is 2.53. The summed E-state index contributed by atoms with van der Waals surface area (Å²) in [5.41, 5.74) is 1.91. The van der Waals surface area contributed by atoms with Crippen LogP contribution in [0, 0.1) is 0 Å². The third-order valence-electron chi connectivity index (χ3n) is 1.76. The summed E-state index contributed by atoms with van der Waals surface area (Å²) in [5.74, 6) is -0.996. The first-order chi connectivity index (χ1) is 7.16. The first-order valence-corrected chi connectivity index (χ1v) is 4.79. The minimum Gasteiger partial charge on any atom is -0.478 e. The van der Waals surface area contributed by atoms with Crippen LogP contribution in [0.25, 0.3) is 17.1 Å². The molecule has 1 aromatic heterocycles. The maximum absolute atomic E-state index is 10.3. The molecule has 5 nitrogen and oxygen atoms in total. The number of aliphatic carboxylic acids is 1. The van der Waals surface area contributed by atoms with Gasteiger partial charge in [-0.2, -0.15) is 0 Å². The molecule has 6 heteroatoms. The molecule has 0 spiro atoms. The molecular weight excluding hydrogens is 264 g/mol. The summed E-state index contributed by atoms with van der Waals surface area (Å²) < 4.78 is 5.27. The zero-order valence-corrected chi connectivity index (χ0v) is 8.93. The minimum absolute atomic E-state index is 0.578. The zero-order chi connectivity index (χ0) is 10.8. The largest absolute Gasteiger partial charge is 0.478 e. The van der Waals surface area contributed by atoms with Crippen LogP contribution in [0.15, 0.2) is 27.3 Å². The van der Waals surface area contributed by atoms with Crippen molar-refractivity contribution in [3.8, 4) is 0 Å². The molecule has 15 heavy (non-hydrogen) atoms. The molecule has 2 rings (SSSR count). The van der Waals surface area contributed by atoms with E-state index in [0.717, 1.165) is 6.08 Å². The van der Waals surface area contributed by atoms with Crippen molar-refractivity contribution < 1.29 is 14.5 Å². The standard InChI is InChI=1S/C9H5BrN2O3/c10-6-3-5(1-2-8(13)14)4-7-9(6)12-15-11-7/h1-4H,(H,13,14)/b2-1+. The van der Waals surface area contributed by atoms with E-state index in [1.165, 1.54) is 6.08 Å². The molecule has 1 aromatic carbocycles. The number of benzene rings is 1. The van der Waals surface area contributed by atoms with Gasteiger partial charge < -0.3 is 5.11 Å². The first kappa shape index (κ1) is 9.85. The van der Waals surface area contributed by atoms with Gasteiger partial charge in [-0.1, -0.05) is 0 Å². The molecule has 0 radical (unpaired) electrons. The number of carboxylic acid groups (broad SMARTS) is 1. The Labute approximate surface area is 92.5 Å². The van der Waals surface area contributed by atoms with Crippen molar-refractivity contribution in [1.82, 2.24) is 10.3 Å². The van der Waals surface area contributed by atoms with Crippen molar-refractivity contribution in [1.29, 1.82) is 0 Å². The molecule has 1 N–H and O–H groups in total. The van der Waals surface area contributed by atoms with Gasteiger partial charge in [0.1, 0.15) is 11.0 Å². The number of aromatic nitrogens is 2. The van der Waals surface area contributed by atoms with E-state index in [0.29, 0.717) is 21.1 Å². The van der Waals surface area contributed by atoms with Gasteiger partial charge in [-0.25, -0.2) is 9.42 Å². The molecule has 1 heterocycles. The van der Waals surface area contributed by atoms with Crippen LogP contribution in [0.4, 0.5) is 0 Å². The van der Waals surface area contributed by atoms with Crippen LogP contribution in [0.5, 0.6) is 0 Å². The van der Waals surface area contributed by atoms with Crippen LogP contribution in [0.3, 0.4) is 0 Å². The van der Waals surface area contributed by atoms with E-state index in [1.807, 2.05) is 0 Å². The molecule has 0 atom stereocenters. The van der Waals surface area contributed by atoms with Crippen LogP contribution in [0.1, 0.15) is 5.56 Å². The highest BCUT2D eigenvalue weighted by molar-refractivity contribution is 9.10. The Morgan fingerprint density at radius 1 is 1.47 bits per heavy atom. The van der Waals surface area contributed by atoms with Crippen LogP contribution in [-0.4, -0.2) is 21.4 Å². The van der Waals surface area contributed by atoms with Gasteiger partial charge >= 0.3 is 5.97 Å². The molecule has 76 valence electrons. The number of hydrogen-bond acceptors (Lipinski definition) is 4. The average molecular weight is 269 g/mol. The highest BCUT2D eigenvalue weighted by Crippen LogP contribution is 2.23. The Morgan fingerprint density at radius 2 is 2.27 bits per heavy atom. The molecule has 0 aliphatic heterocycles. The highest BCUT2D eigenvalue weighted by atomic mass is 79.9. The number of carboxylic acids is 1. The Bertz CT molecular complexity index is 547. The van der Waals surface area contributed by atoms with Crippen molar-refractivity contribution in [2.45, 2.75) is 0 Å². The predicted molar refractivity (Wildman–Crippen MR) is 56.2 cm³/mol. The molecule has 0 saturated heterocycles. The Hall–Kier alpha value is -1.69. The number of rotatable bonds is 2. The molecule has 0 unspecified atom stereocenters. The molecule has 0 aliphatic rings. The van der Waals surface area contributed by atoms with E-state index in [1.54, 1.807) is 12.1 Å². The third kappa shape index (κ3) is 2.04. The number of hydrogen-bond donors (Lipinski definition) is 1.